The molecular formula is C63H41N3O. The third-order valence-corrected chi connectivity index (χ3v) is 13.5. The summed E-state index contributed by atoms with van der Waals surface area (Å²) in [5.74, 6) is 3.34. The molecule has 3 heterocycles. The zero-order chi connectivity index (χ0) is 44.3. The molecule has 314 valence electrons. The van der Waals surface area contributed by atoms with Gasteiger partial charge >= 0.3 is 0 Å². The molecule has 1 aliphatic carbocycles. The molecule has 4 nitrogen and oxygen atoms in total. The Hall–Kier alpha value is -8.86. The lowest BCUT2D eigenvalue weighted by Crippen LogP contribution is -2.32. The van der Waals surface area contributed by atoms with Gasteiger partial charge in [-0.1, -0.05) is 218 Å². The summed E-state index contributed by atoms with van der Waals surface area (Å²) in [6, 6.07) is 88.3. The summed E-state index contributed by atoms with van der Waals surface area (Å²) in [5, 5.41) is 0. The van der Waals surface area contributed by atoms with E-state index < -0.39 is 5.41 Å². The van der Waals surface area contributed by atoms with Crippen LogP contribution in [-0.2, 0) is 5.41 Å². The lowest BCUT2D eigenvalue weighted by molar-refractivity contribution is 0.436. The highest BCUT2D eigenvalue weighted by Gasteiger charge is 2.51. The smallest absolute Gasteiger partial charge is 0.146 e. The Morgan fingerprint density at radius 2 is 0.821 bits per heavy atom. The maximum atomic E-state index is 6.76. The van der Waals surface area contributed by atoms with Gasteiger partial charge in [-0.2, -0.15) is 0 Å². The number of rotatable bonds is 7. The molecule has 0 N–H and O–H groups in total. The fourth-order valence-electron chi connectivity index (χ4n) is 10.5. The molecule has 0 unspecified atom stereocenters. The minimum absolute atomic E-state index is 0.542. The van der Waals surface area contributed by atoms with E-state index in [4.69, 9.17) is 14.7 Å². The number of nitrogens with zero attached hydrogens (tertiary/aromatic N) is 3. The van der Waals surface area contributed by atoms with Crippen molar-refractivity contribution in [1.82, 2.24) is 14.5 Å². The molecule has 67 heavy (non-hydrogen) atoms. The van der Waals surface area contributed by atoms with E-state index in [-0.39, 0.29) is 0 Å². The molecule has 2 aromatic heterocycles. The lowest BCUT2D eigenvalue weighted by Gasteiger charge is -2.39. The molecule has 2 aliphatic rings. The van der Waals surface area contributed by atoms with Gasteiger partial charge in [-0.3, -0.25) is 4.57 Å². The summed E-state index contributed by atoms with van der Waals surface area (Å²) in [5.41, 5.74) is 18.1. The minimum Gasteiger partial charge on any atom is -0.457 e. The third-order valence-electron chi connectivity index (χ3n) is 13.5. The lowest BCUT2D eigenvalue weighted by atomic mass is 9.66. The summed E-state index contributed by atoms with van der Waals surface area (Å²) in [7, 11) is 0. The van der Waals surface area contributed by atoms with E-state index in [0.29, 0.717) is 0 Å². The first-order valence-electron chi connectivity index (χ1n) is 22.8. The molecule has 0 amide bonds. The van der Waals surface area contributed by atoms with E-state index in [2.05, 4.69) is 247 Å². The monoisotopic (exact) mass is 855 g/mol. The van der Waals surface area contributed by atoms with E-state index in [9.17, 15) is 0 Å². The van der Waals surface area contributed by atoms with Gasteiger partial charge in [0.25, 0.3) is 0 Å². The fourth-order valence-corrected chi connectivity index (χ4v) is 10.5. The topological polar surface area (TPSA) is 39.9 Å². The molecule has 0 bridgehead atoms. The van der Waals surface area contributed by atoms with Crippen LogP contribution in [0.5, 0.6) is 11.5 Å². The van der Waals surface area contributed by atoms with Crippen LogP contribution in [0, 0.1) is 0 Å². The van der Waals surface area contributed by atoms with Crippen molar-refractivity contribution in [2.45, 2.75) is 5.41 Å². The standard InChI is InChI=1S/C63H41N3O/c1-5-19-42(20-6-1)49-40-56(44-21-7-2-8-22-44)64-59(41-49)66-61(46-25-11-4-12-26-46)60(45-23-9-3-10-24-45)65-62(66)47-35-33-43(34-36-47)48-37-38-58-55(39-48)63(54-31-17-18-32-57(54)67-58)52-29-15-13-27-50(52)51-28-14-16-30-53(51)63/h1-41H. The predicted octanol–water partition coefficient (Wildman–Crippen LogP) is 15.7. The zero-order valence-electron chi connectivity index (χ0n) is 36.4. The molecule has 1 spiro atoms. The van der Waals surface area contributed by atoms with Gasteiger partial charge in [0, 0.05) is 33.4 Å². The molecule has 4 heteroatoms. The third kappa shape index (κ3) is 6.22. The molecule has 9 aromatic carbocycles. The van der Waals surface area contributed by atoms with Crippen molar-refractivity contribution in [3.63, 3.8) is 0 Å². The number of imidazole rings is 1. The SMILES string of the molecule is c1ccc(-c2cc(-c3ccccc3)nc(-n3c(-c4ccc(-c5ccc6c(c5)C5(c7ccccc7O6)c6ccccc6-c6ccccc65)cc4)nc(-c4ccccc4)c3-c3ccccc3)c2)cc1. The largest absolute Gasteiger partial charge is 0.457 e. The molecular weight excluding hydrogens is 815 g/mol. The van der Waals surface area contributed by atoms with Crippen molar-refractivity contribution in [2.24, 2.45) is 0 Å². The average Bonchev–Trinajstić information content (AvgIpc) is 3.95. The fraction of sp³-hybridized carbons (Fsp3) is 0.0159. The number of benzene rings is 9. The van der Waals surface area contributed by atoms with Crippen molar-refractivity contribution in [1.29, 1.82) is 0 Å². The van der Waals surface area contributed by atoms with Crippen molar-refractivity contribution < 1.29 is 4.74 Å². The van der Waals surface area contributed by atoms with Gasteiger partial charge < -0.3 is 4.74 Å². The van der Waals surface area contributed by atoms with Crippen LogP contribution in [-0.4, -0.2) is 14.5 Å². The number of para-hydroxylation sites is 1. The normalized spacial score (nSPS) is 12.7. The Morgan fingerprint density at radius 3 is 1.48 bits per heavy atom. The summed E-state index contributed by atoms with van der Waals surface area (Å²) in [4.78, 5) is 11.1. The number of ether oxygens (including phenoxy) is 1. The second-order valence-electron chi connectivity index (χ2n) is 17.3. The summed E-state index contributed by atoms with van der Waals surface area (Å²) < 4.78 is 9.02. The highest BCUT2D eigenvalue weighted by molar-refractivity contribution is 5.90. The molecule has 0 atom stereocenters. The molecule has 11 aromatic rings. The van der Waals surface area contributed by atoms with Crippen LogP contribution in [0.3, 0.4) is 0 Å². The number of hydrogen-bond acceptors (Lipinski definition) is 3. The second-order valence-corrected chi connectivity index (χ2v) is 17.3. The van der Waals surface area contributed by atoms with Gasteiger partial charge in [0.1, 0.15) is 23.1 Å². The van der Waals surface area contributed by atoms with Crippen LogP contribution in [0.2, 0.25) is 0 Å². The van der Waals surface area contributed by atoms with Crippen molar-refractivity contribution in [3.05, 3.63) is 271 Å². The van der Waals surface area contributed by atoms with Crippen LogP contribution in [0.4, 0.5) is 0 Å². The van der Waals surface area contributed by atoms with Crippen molar-refractivity contribution in [3.8, 4) is 95.9 Å². The molecule has 0 saturated carbocycles. The number of hydrogen-bond donors (Lipinski definition) is 0. The Morgan fingerprint density at radius 1 is 0.328 bits per heavy atom. The van der Waals surface area contributed by atoms with Gasteiger partial charge in [-0.05, 0) is 74.8 Å². The first-order valence-corrected chi connectivity index (χ1v) is 22.8. The average molecular weight is 856 g/mol. The Balaban J connectivity index is 1.01. The first-order chi connectivity index (χ1) is 33.2. The molecule has 0 saturated heterocycles. The number of fused-ring (bicyclic) bond motifs is 9. The Bertz CT molecular complexity index is 3530. The van der Waals surface area contributed by atoms with Crippen LogP contribution < -0.4 is 4.74 Å². The molecule has 0 radical (unpaired) electrons. The van der Waals surface area contributed by atoms with E-state index >= 15 is 0 Å². The van der Waals surface area contributed by atoms with Gasteiger partial charge in [-0.25, -0.2) is 9.97 Å². The van der Waals surface area contributed by atoms with Crippen LogP contribution >= 0.6 is 0 Å². The van der Waals surface area contributed by atoms with Crippen LogP contribution in [0.15, 0.2) is 249 Å². The number of pyridine rings is 1. The van der Waals surface area contributed by atoms with Gasteiger partial charge in [0.2, 0.25) is 0 Å². The van der Waals surface area contributed by atoms with E-state index in [0.717, 1.165) is 95.9 Å². The van der Waals surface area contributed by atoms with Gasteiger partial charge in [-0.15, -0.1) is 0 Å². The maximum Gasteiger partial charge on any atom is 0.146 e. The molecule has 13 rings (SSSR count). The van der Waals surface area contributed by atoms with Crippen molar-refractivity contribution >= 4 is 0 Å². The second kappa shape index (κ2) is 15.7. The highest BCUT2D eigenvalue weighted by atomic mass is 16.5. The van der Waals surface area contributed by atoms with Crippen LogP contribution in [0.1, 0.15) is 22.3 Å². The van der Waals surface area contributed by atoms with Crippen molar-refractivity contribution in [2.75, 3.05) is 0 Å². The zero-order valence-corrected chi connectivity index (χ0v) is 36.4. The summed E-state index contributed by atoms with van der Waals surface area (Å²) in [6.45, 7) is 0. The first kappa shape index (κ1) is 38.6. The Labute approximate surface area is 389 Å². The highest BCUT2D eigenvalue weighted by Crippen LogP contribution is 2.62. The summed E-state index contributed by atoms with van der Waals surface area (Å²) in [6.07, 6.45) is 0. The maximum absolute atomic E-state index is 6.76. The van der Waals surface area contributed by atoms with Gasteiger partial charge in [0.05, 0.1) is 22.5 Å². The van der Waals surface area contributed by atoms with E-state index in [1.54, 1.807) is 0 Å². The summed E-state index contributed by atoms with van der Waals surface area (Å²) >= 11 is 0. The van der Waals surface area contributed by atoms with E-state index in [1.165, 1.54) is 22.3 Å². The van der Waals surface area contributed by atoms with E-state index in [1.807, 2.05) is 6.07 Å². The number of aromatic nitrogens is 3. The predicted molar refractivity (Wildman–Crippen MR) is 271 cm³/mol. The minimum atomic E-state index is -0.542. The van der Waals surface area contributed by atoms with Gasteiger partial charge in [0.15, 0.2) is 0 Å². The quantitative estimate of drug-likeness (QED) is 0.160. The van der Waals surface area contributed by atoms with Crippen LogP contribution in [0.25, 0.3) is 84.4 Å². The molecule has 0 fully saturated rings. The molecule has 1 aliphatic heterocycles. The Kier molecular flexibility index (Phi) is 9.04.